The Labute approximate surface area is 151 Å². The molecule has 0 atom stereocenters. The van der Waals surface area contributed by atoms with Crippen molar-refractivity contribution in [1.29, 1.82) is 0 Å². The maximum atomic E-state index is 5.40. The number of nitrogens with one attached hydrogen (secondary N) is 1. The first-order valence-electron chi connectivity index (χ1n) is 8.43. The van der Waals surface area contributed by atoms with Crippen molar-refractivity contribution in [3.8, 4) is 11.5 Å². The molecule has 2 aromatic carbocycles. The van der Waals surface area contributed by atoms with E-state index in [0.29, 0.717) is 11.7 Å². The van der Waals surface area contributed by atoms with Crippen LogP contribution in [0.3, 0.4) is 0 Å². The topological polar surface area (TPSA) is 72.4 Å². The lowest BCUT2D eigenvalue weighted by molar-refractivity contribution is 0.174. The molecule has 1 aliphatic heterocycles. The van der Waals surface area contributed by atoms with Gasteiger partial charge in [-0.15, -0.1) is 5.10 Å². The Morgan fingerprint density at radius 3 is 2.85 bits per heavy atom. The molecule has 3 aromatic rings. The van der Waals surface area contributed by atoms with Gasteiger partial charge in [0.25, 0.3) is 0 Å². The van der Waals surface area contributed by atoms with Crippen molar-refractivity contribution >= 4 is 23.1 Å². The predicted octanol–water partition coefficient (Wildman–Crippen LogP) is 3.81. The molecule has 0 aliphatic carbocycles. The summed E-state index contributed by atoms with van der Waals surface area (Å²) in [6.07, 6.45) is 1.66. The van der Waals surface area contributed by atoms with E-state index in [1.165, 1.54) is 5.56 Å². The number of benzene rings is 2. The molecule has 1 N–H and O–H groups in total. The van der Waals surface area contributed by atoms with Gasteiger partial charge in [0.2, 0.25) is 12.7 Å². The summed E-state index contributed by atoms with van der Waals surface area (Å²) < 4.78 is 10.7. The highest BCUT2D eigenvalue weighted by molar-refractivity contribution is 5.63. The van der Waals surface area contributed by atoms with E-state index >= 15 is 0 Å². The van der Waals surface area contributed by atoms with Gasteiger partial charge in [0.1, 0.15) is 0 Å². The van der Waals surface area contributed by atoms with Crippen molar-refractivity contribution in [2.45, 2.75) is 13.8 Å². The Balaban J connectivity index is 1.59. The van der Waals surface area contributed by atoms with E-state index in [0.717, 1.165) is 29.5 Å². The van der Waals surface area contributed by atoms with Crippen LogP contribution in [0.2, 0.25) is 0 Å². The number of fused-ring (bicyclic) bond motifs is 1. The molecule has 0 fully saturated rings. The Kier molecular flexibility index (Phi) is 4.27. The third-order valence-corrected chi connectivity index (χ3v) is 4.08. The molecule has 0 unspecified atom stereocenters. The highest BCUT2D eigenvalue weighted by atomic mass is 16.7. The van der Waals surface area contributed by atoms with E-state index in [-0.39, 0.29) is 6.79 Å². The zero-order valence-corrected chi connectivity index (χ0v) is 14.6. The third-order valence-electron chi connectivity index (χ3n) is 4.08. The average molecular weight is 349 g/mol. The van der Waals surface area contributed by atoms with Gasteiger partial charge in [0, 0.05) is 24.0 Å². The minimum absolute atomic E-state index is 0.244. The molecule has 0 amide bonds. The minimum atomic E-state index is 0.244. The first kappa shape index (κ1) is 16.1. The smallest absolute Gasteiger partial charge is 0.249 e. The molecule has 0 radical (unpaired) electrons. The van der Waals surface area contributed by atoms with Gasteiger partial charge >= 0.3 is 0 Å². The molecule has 132 valence electrons. The standard InChI is InChI=1S/C19H19N5O2/c1-3-24(15-6-4-5-13(2)9-15)18-11-20-23-19(22-18)21-14-7-8-16-17(10-14)26-12-25-16/h4-11H,3,12H2,1-2H3,(H,21,22,23). The van der Waals surface area contributed by atoms with Crippen molar-refractivity contribution < 1.29 is 9.47 Å². The largest absolute Gasteiger partial charge is 0.454 e. The lowest BCUT2D eigenvalue weighted by Crippen LogP contribution is -2.18. The van der Waals surface area contributed by atoms with Gasteiger partial charge in [-0.25, -0.2) is 0 Å². The lowest BCUT2D eigenvalue weighted by Gasteiger charge is -2.22. The van der Waals surface area contributed by atoms with E-state index < -0.39 is 0 Å². The molecule has 26 heavy (non-hydrogen) atoms. The van der Waals surface area contributed by atoms with Gasteiger partial charge in [-0.2, -0.15) is 10.1 Å². The molecule has 1 aromatic heterocycles. The molecule has 0 saturated heterocycles. The third kappa shape index (κ3) is 3.23. The Bertz CT molecular complexity index is 931. The van der Waals surface area contributed by atoms with E-state index in [1.54, 1.807) is 6.20 Å². The van der Waals surface area contributed by atoms with Gasteiger partial charge in [0.15, 0.2) is 17.3 Å². The fraction of sp³-hybridized carbons (Fsp3) is 0.211. The minimum Gasteiger partial charge on any atom is -0.454 e. The molecule has 7 heteroatoms. The van der Waals surface area contributed by atoms with Crippen LogP contribution >= 0.6 is 0 Å². The molecular weight excluding hydrogens is 330 g/mol. The molecule has 4 rings (SSSR count). The molecule has 2 heterocycles. The molecule has 0 bridgehead atoms. The zero-order chi connectivity index (χ0) is 17.9. The van der Waals surface area contributed by atoms with Gasteiger partial charge in [-0.05, 0) is 43.7 Å². The molecule has 1 aliphatic rings. The molecule has 0 saturated carbocycles. The highest BCUT2D eigenvalue weighted by Gasteiger charge is 2.15. The maximum absolute atomic E-state index is 5.40. The quantitative estimate of drug-likeness (QED) is 0.751. The summed E-state index contributed by atoms with van der Waals surface area (Å²) in [4.78, 5) is 6.70. The second-order valence-corrected chi connectivity index (χ2v) is 5.91. The van der Waals surface area contributed by atoms with Crippen LogP contribution < -0.4 is 19.7 Å². The summed E-state index contributed by atoms with van der Waals surface area (Å²) in [6.45, 7) is 5.16. The zero-order valence-electron chi connectivity index (χ0n) is 14.6. The predicted molar refractivity (Wildman–Crippen MR) is 99.5 cm³/mol. The van der Waals surface area contributed by atoms with Crippen molar-refractivity contribution in [3.63, 3.8) is 0 Å². The maximum Gasteiger partial charge on any atom is 0.249 e. The van der Waals surface area contributed by atoms with Gasteiger partial charge < -0.3 is 19.7 Å². The van der Waals surface area contributed by atoms with Crippen molar-refractivity contribution in [1.82, 2.24) is 15.2 Å². The Morgan fingerprint density at radius 1 is 1.12 bits per heavy atom. The van der Waals surface area contributed by atoms with Gasteiger partial charge in [-0.1, -0.05) is 12.1 Å². The van der Waals surface area contributed by atoms with Crippen LogP contribution in [-0.4, -0.2) is 28.5 Å². The molecular formula is C19H19N5O2. The normalized spacial score (nSPS) is 12.1. The van der Waals surface area contributed by atoms with Crippen LogP contribution in [0.25, 0.3) is 0 Å². The SMILES string of the molecule is CCN(c1cccc(C)c1)c1cnnc(Nc2ccc3c(c2)OCO3)n1. The first-order chi connectivity index (χ1) is 12.7. The van der Waals surface area contributed by atoms with Crippen LogP contribution in [0.15, 0.2) is 48.7 Å². The number of hydrogen-bond donors (Lipinski definition) is 1. The van der Waals surface area contributed by atoms with E-state index in [9.17, 15) is 0 Å². The number of aryl methyl sites for hydroxylation is 1. The summed E-state index contributed by atoms with van der Waals surface area (Å²) in [6, 6.07) is 13.9. The summed E-state index contributed by atoms with van der Waals surface area (Å²) in [5.74, 6) is 2.60. The second kappa shape index (κ2) is 6.87. The van der Waals surface area contributed by atoms with Crippen LogP contribution in [0.1, 0.15) is 12.5 Å². The van der Waals surface area contributed by atoms with Gasteiger partial charge in [0.05, 0.1) is 6.20 Å². The second-order valence-electron chi connectivity index (χ2n) is 5.91. The van der Waals surface area contributed by atoms with E-state index in [4.69, 9.17) is 9.47 Å². The summed E-state index contributed by atoms with van der Waals surface area (Å²) in [7, 11) is 0. The number of ether oxygens (including phenoxy) is 2. The highest BCUT2D eigenvalue weighted by Crippen LogP contribution is 2.35. The lowest BCUT2D eigenvalue weighted by atomic mass is 10.2. The number of rotatable bonds is 5. The Hall–Kier alpha value is -3.35. The van der Waals surface area contributed by atoms with Crippen LogP contribution in [0, 0.1) is 6.92 Å². The fourth-order valence-electron chi connectivity index (χ4n) is 2.85. The van der Waals surface area contributed by atoms with Gasteiger partial charge in [-0.3, -0.25) is 0 Å². The summed E-state index contributed by atoms with van der Waals surface area (Å²) in [5, 5.41) is 11.4. The average Bonchev–Trinajstić information content (AvgIpc) is 3.11. The number of aromatic nitrogens is 3. The fourth-order valence-corrected chi connectivity index (χ4v) is 2.85. The number of nitrogens with zero attached hydrogens (tertiary/aromatic N) is 4. The number of hydrogen-bond acceptors (Lipinski definition) is 7. The van der Waals surface area contributed by atoms with E-state index in [1.807, 2.05) is 24.3 Å². The van der Waals surface area contributed by atoms with Crippen molar-refractivity contribution in [2.24, 2.45) is 0 Å². The van der Waals surface area contributed by atoms with Crippen LogP contribution in [-0.2, 0) is 0 Å². The number of anilines is 4. The molecule has 0 spiro atoms. The first-order valence-corrected chi connectivity index (χ1v) is 8.43. The van der Waals surface area contributed by atoms with Crippen LogP contribution in [0.4, 0.5) is 23.1 Å². The summed E-state index contributed by atoms with van der Waals surface area (Å²) >= 11 is 0. The van der Waals surface area contributed by atoms with Crippen molar-refractivity contribution in [3.05, 3.63) is 54.2 Å². The van der Waals surface area contributed by atoms with E-state index in [2.05, 4.69) is 57.4 Å². The summed E-state index contributed by atoms with van der Waals surface area (Å²) in [5.41, 5.74) is 3.08. The molecule has 7 nitrogen and oxygen atoms in total. The van der Waals surface area contributed by atoms with Crippen LogP contribution in [0.5, 0.6) is 11.5 Å². The Morgan fingerprint density at radius 2 is 2.00 bits per heavy atom. The van der Waals surface area contributed by atoms with Crippen molar-refractivity contribution in [2.75, 3.05) is 23.6 Å². The monoisotopic (exact) mass is 349 g/mol.